The van der Waals surface area contributed by atoms with E-state index in [1.807, 2.05) is 12.3 Å². The van der Waals surface area contributed by atoms with Crippen LogP contribution in [0, 0.1) is 0 Å². The summed E-state index contributed by atoms with van der Waals surface area (Å²) in [4.78, 5) is 10.6. The summed E-state index contributed by atoms with van der Waals surface area (Å²) in [7, 11) is 0. The fourth-order valence-corrected chi connectivity index (χ4v) is 9.36. The molecule has 0 spiro atoms. The molecule has 2 heterocycles. The first-order valence-corrected chi connectivity index (χ1v) is 22.2. The molecular weight excluding hydrogens is 755 g/mol. The molecular formula is C58H59N3O. The number of aromatic hydroxyl groups is 1. The van der Waals surface area contributed by atoms with E-state index in [1.54, 1.807) is 0 Å². The average molecular weight is 814 g/mol. The van der Waals surface area contributed by atoms with Crippen LogP contribution >= 0.6 is 0 Å². The molecule has 1 N–H and O–H groups in total. The fourth-order valence-electron chi connectivity index (χ4n) is 9.36. The quantitative estimate of drug-likeness (QED) is 0.182. The highest BCUT2D eigenvalue weighted by molar-refractivity contribution is 5.98. The second-order valence-corrected chi connectivity index (χ2v) is 20.8. The van der Waals surface area contributed by atoms with Gasteiger partial charge in [-0.05, 0) is 128 Å². The molecule has 0 fully saturated rings. The van der Waals surface area contributed by atoms with Crippen LogP contribution in [0.1, 0.15) is 104 Å². The maximum Gasteiger partial charge on any atom is 0.149 e. The summed E-state index contributed by atoms with van der Waals surface area (Å²) in [6.07, 6.45) is 4.07. The van der Waals surface area contributed by atoms with E-state index in [9.17, 15) is 5.11 Å². The molecule has 0 unspecified atom stereocenters. The molecule has 0 bridgehead atoms. The van der Waals surface area contributed by atoms with Gasteiger partial charge in [-0.25, -0.2) is 4.98 Å². The van der Waals surface area contributed by atoms with Gasteiger partial charge in [0.2, 0.25) is 0 Å². The molecule has 312 valence electrons. The number of fused-ring (bicyclic) bond motifs is 2. The number of hydrogen-bond acceptors (Lipinski definition) is 3. The Labute approximate surface area is 368 Å². The number of phenols is 1. The van der Waals surface area contributed by atoms with Gasteiger partial charge < -0.3 is 5.11 Å². The normalized spacial score (nSPS) is 14.8. The van der Waals surface area contributed by atoms with E-state index in [0.717, 1.165) is 74.2 Å². The second-order valence-electron chi connectivity index (χ2n) is 20.8. The fraction of sp³-hybridized carbons (Fsp3) is 0.276. The van der Waals surface area contributed by atoms with E-state index in [2.05, 4.69) is 207 Å². The van der Waals surface area contributed by atoms with Gasteiger partial charge in [-0.3, -0.25) is 9.55 Å². The summed E-state index contributed by atoms with van der Waals surface area (Å²) >= 11 is 0. The molecule has 4 nitrogen and oxygen atoms in total. The van der Waals surface area contributed by atoms with Gasteiger partial charge in [-0.15, -0.1) is 0 Å². The van der Waals surface area contributed by atoms with Crippen LogP contribution in [0.25, 0.3) is 72.7 Å². The van der Waals surface area contributed by atoms with E-state index in [1.165, 1.54) is 27.8 Å². The van der Waals surface area contributed by atoms with E-state index in [0.29, 0.717) is 5.82 Å². The largest absolute Gasteiger partial charge is 0.507 e. The molecule has 2 aromatic heterocycles. The molecule has 0 amide bonds. The van der Waals surface area contributed by atoms with Crippen LogP contribution in [0.15, 0.2) is 146 Å². The number of nitrogens with zero attached hydrogens (tertiary/aromatic N) is 3. The predicted octanol–water partition coefficient (Wildman–Crippen LogP) is 15.4. The van der Waals surface area contributed by atoms with Crippen LogP contribution < -0.4 is 0 Å². The molecule has 8 aromatic rings. The Hall–Kier alpha value is -6.26. The summed E-state index contributed by atoms with van der Waals surface area (Å²) in [5, 5.41) is 12.2. The third-order valence-electron chi connectivity index (χ3n) is 13.4. The smallest absolute Gasteiger partial charge is 0.149 e. The molecule has 1 aliphatic carbocycles. The lowest BCUT2D eigenvalue weighted by molar-refractivity contribution is 0.330. The third kappa shape index (κ3) is 7.44. The summed E-state index contributed by atoms with van der Waals surface area (Å²) < 4.78 is 2.27. The lowest BCUT2D eigenvalue weighted by Gasteiger charge is -2.42. The van der Waals surface area contributed by atoms with Crippen molar-refractivity contribution in [3.05, 3.63) is 168 Å². The molecule has 4 heteroatoms. The number of pyridine rings is 1. The Morgan fingerprint density at radius 1 is 0.516 bits per heavy atom. The molecule has 0 saturated carbocycles. The van der Waals surface area contributed by atoms with Crippen LogP contribution in [0.4, 0.5) is 0 Å². The summed E-state index contributed by atoms with van der Waals surface area (Å²) in [5.41, 5.74) is 17.1. The number of phenolic OH excluding ortho intramolecular Hbond substituents is 1. The topological polar surface area (TPSA) is 50.9 Å². The Balaban J connectivity index is 1.28. The zero-order valence-corrected chi connectivity index (χ0v) is 38.1. The Bertz CT molecular complexity index is 2970. The first kappa shape index (κ1) is 41.1. The van der Waals surface area contributed by atoms with Crippen molar-refractivity contribution in [1.29, 1.82) is 0 Å². The molecule has 1 aliphatic rings. The molecule has 62 heavy (non-hydrogen) atoms. The lowest BCUT2D eigenvalue weighted by atomic mass is 9.63. The average Bonchev–Trinajstić information content (AvgIpc) is 3.64. The van der Waals surface area contributed by atoms with Gasteiger partial charge in [0, 0.05) is 22.9 Å². The molecule has 9 rings (SSSR count). The van der Waals surface area contributed by atoms with E-state index in [4.69, 9.17) is 9.97 Å². The first-order valence-electron chi connectivity index (χ1n) is 22.2. The van der Waals surface area contributed by atoms with Crippen molar-refractivity contribution in [2.24, 2.45) is 0 Å². The van der Waals surface area contributed by atoms with Crippen molar-refractivity contribution in [2.75, 3.05) is 0 Å². The van der Waals surface area contributed by atoms with Crippen molar-refractivity contribution in [3.8, 4) is 67.5 Å². The standard InChI is InChI=1S/C58H59N3O/c1-55(2,3)42-25-23-37(24-26-42)39-27-30-59-49(34-39)41-31-40(32-43(33-41)56(4,5)6)45-20-16-22-51-53(45)60-54(61(51)50-21-15-14-19-44(50)38-17-12-11-13-18-38)46-35-47-48(36-52(46)62)58(9,10)29-28-57(47,7)8/h11-27,30-36,62H,28-29H2,1-10H3. The van der Waals surface area contributed by atoms with Gasteiger partial charge in [-0.2, -0.15) is 0 Å². The van der Waals surface area contributed by atoms with E-state index < -0.39 is 0 Å². The zero-order valence-electron chi connectivity index (χ0n) is 38.1. The second kappa shape index (κ2) is 15.0. The Kier molecular flexibility index (Phi) is 9.93. The maximum atomic E-state index is 12.2. The van der Waals surface area contributed by atoms with Gasteiger partial charge in [0.1, 0.15) is 11.6 Å². The highest BCUT2D eigenvalue weighted by Crippen LogP contribution is 2.50. The molecule has 6 aromatic carbocycles. The van der Waals surface area contributed by atoms with Gasteiger partial charge in [0.25, 0.3) is 0 Å². The number of rotatable bonds is 6. The van der Waals surface area contributed by atoms with Gasteiger partial charge in [0.05, 0.1) is 28.0 Å². The van der Waals surface area contributed by atoms with Gasteiger partial charge in [0.15, 0.2) is 0 Å². The van der Waals surface area contributed by atoms with Crippen LogP contribution in [-0.4, -0.2) is 19.6 Å². The minimum absolute atomic E-state index is 0.0465. The predicted molar refractivity (Wildman–Crippen MR) is 260 cm³/mol. The number of aromatic nitrogens is 3. The van der Waals surface area contributed by atoms with Crippen molar-refractivity contribution in [2.45, 2.75) is 104 Å². The van der Waals surface area contributed by atoms with Crippen molar-refractivity contribution < 1.29 is 5.11 Å². The van der Waals surface area contributed by atoms with Gasteiger partial charge in [-0.1, -0.05) is 160 Å². The Morgan fingerprint density at radius 3 is 1.84 bits per heavy atom. The van der Waals surface area contributed by atoms with Crippen molar-refractivity contribution >= 4 is 11.0 Å². The summed E-state index contributed by atoms with van der Waals surface area (Å²) in [6.45, 7) is 22.8. The monoisotopic (exact) mass is 813 g/mol. The summed E-state index contributed by atoms with van der Waals surface area (Å²) in [5.74, 6) is 0.968. The number of benzene rings is 6. The molecule has 0 saturated heterocycles. The minimum atomic E-state index is -0.131. The lowest BCUT2D eigenvalue weighted by Crippen LogP contribution is -2.33. The number of imidazole rings is 1. The molecule has 0 atom stereocenters. The van der Waals surface area contributed by atoms with Crippen LogP contribution in [-0.2, 0) is 21.7 Å². The maximum absolute atomic E-state index is 12.2. The Morgan fingerprint density at radius 2 is 1.15 bits per heavy atom. The van der Waals surface area contributed by atoms with E-state index >= 15 is 0 Å². The molecule has 0 aliphatic heterocycles. The van der Waals surface area contributed by atoms with Crippen LogP contribution in [0.5, 0.6) is 5.75 Å². The number of para-hydroxylation sites is 2. The minimum Gasteiger partial charge on any atom is -0.507 e. The van der Waals surface area contributed by atoms with Crippen molar-refractivity contribution in [3.63, 3.8) is 0 Å². The zero-order chi connectivity index (χ0) is 43.8. The SMILES string of the molecule is CC(C)(C)c1ccc(-c2ccnc(-c3cc(-c4cccc5c4nc(-c4cc6c(cc4O)C(C)(C)CCC6(C)C)n5-c4ccccc4-c4ccccc4)cc(C(C)(C)C)c3)c2)cc1. The third-order valence-corrected chi connectivity index (χ3v) is 13.4. The summed E-state index contributed by atoms with van der Waals surface area (Å²) in [6, 6.07) is 50.0. The van der Waals surface area contributed by atoms with E-state index in [-0.39, 0.29) is 27.4 Å². The first-order chi connectivity index (χ1) is 29.4. The highest BCUT2D eigenvalue weighted by atomic mass is 16.3. The van der Waals surface area contributed by atoms with Crippen molar-refractivity contribution in [1.82, 2.24) is 14.5 Å². The molecule has 0 radical (unpaired) electrons. The van der Waals surface area contributed by atoms with Crippen LogP contribution in [0.3, 0.4) is 0 Å². The van der Waals surface area contributed by atoms with Gasteiger partial charge >= 0.3 is 0 Å². The number of hydrogen-bond donors (Lipinski definition) is 1. The highest BCUT2D eigenvalue weighted by Gasteiger charge is 2.38. The van der Waals surface area contributed by atoms with Crippen LogP contribution in [0.2, 0.25) is 0 Å².